The summed E-state index contributed by atoms with van der Waals surface area (Å²) in [4.78, 5) is 0. The van der Waals surface area contributed by atoms with Crippen molar-refractivity contribution in [2.24, 2.45) is 7.05 Å². The molecule has 0 aliphatic rings. The van der Waals surface area contributed by atoms with Gasteiger partial charge in [0.1, 0.15) is 0 Å². The monoisotopic (exact) mass is 271 g/mol. The number of aromatic nitrogens is 2. The molecule has 0 bridgehead atoms. The number of nitrogens with zero attached hydrogens (tertiary/aromatic N) is 2. The van der Waals surface area contributed by atoms with E-state index >= 15 is 0 Å². The Labute approximate surface area is 114 Å². The van der Waals surface area contributed by atoms with E-state index in [1.807, 2.05) is 32.5 Å². The minimum atomic E-state index is -0.323. The summed E-state index contributed by atoms with van der Waals surface area (Å²) < 4.78 is 1.91. The highest BCUT2D eigenvalue weighted by molar-refractivity contribution is 8.00. The van der Waals surface area contributed by atoms with Crippen LogP contribution in [0.4, 0.5) is 0 Å². The van der Waals surface area contributed by atoms with Crippen molar-refractivity contribution in [3.8, 4) is 0 Å². The molecule has 4 nitrogen and oxygen atoms in total. The van der Waals surface area contributed by atoms with Crippen molar-refractivity contribution in [3.05, 3.63) is 11.3 Å². The third-order valence-corrected chi connectivity index (χ3v) is 4.45. The van der Waals surface area contributed by atoms with Crippen LogP contribution < -0.4 is 5.32 Å². The second kappa shape index (κ2) is 6.59. The van der Waals surface area contributed by atoms with E-state index in [1.54, 1.807) is 11.8 Å². The Morgan fingerprint density at radius 1 is 1.33 bits per heavy atom. The molecule has 5 heteroatoms. The van der Waals surface area contributed by atoms with Crippen LogP contribution in [-0.4, -0.2) is 32.3 Å². The standard InChI is InChI=1S/C13H25N3OS/c1-8(2)14-7-12-9(3)15-16(6)13(12)18-11(5)10(4)17/h8,10-11,14,17H,7H2,1-6H3. The smallest absolute Gasteiger partial charge is 0.0987 e. The SMILES string of the molecule is Cc1nn(C)c(SC(C)C(C)O)c1CNC(C)C. The Balaban J connectivity index is 2.88. The van der Waals surface area contributed by atoms with Crippen LogP contribution in [0.25, 0.3) is 0 Å². The minimum Gasteiger partial charge on any atom is -0.392 e. The van der Waals surface area contributed by atoms with Gasteiger partial charge in [-0.25, -0.2) is 0 Å². The second-order valence-electron chi connectivity index (χ2n) is 5.09. The van der Waals surface area contributed by atoms with Gasteiger partial charge in [-0.15, -0.1) is 11.8 Å². The molecule has 0 saturated carbocycles. The van der Waals surface area contributed by atoms with Crippen molar-refractivity contribution < 1.29 is 5.11 Å². The van der Waals surface area contributed by atoms with Crippen LogP contribution in [0.15, 0.2) is 5.03 Å². The van der Waals surface area contributed by atoms with Gasteiger partial charge in [0.25, 0.3) is 0 Å². The maximum atomic E-state index is 9.62. The van der Waals surface area contributed by atoms with E-state index in [2.05, 4.69) is 24.3 Å². The van der Waals surface area contributed by atoms with Gasteiger partial charge in [-0.1, -0.05) is 20.8 Å². The van der Waals surface area contributed by atoms with Gasteiger partial charge >= 0.3 is 0 Å². The first-order valence-corrected chi connectivity index (χ1v) is 7.31. The average molecular weight is 271 g/mol. The first-order chi connectivity index (χ1) is 8.32. The normalized spacial score (nSPS) is 15.1. The summed E-state index contributed by atoms with van der Waals surface area (Å²) in [5.74, 6) is 0. The number of thioether (sulfide) groups is 1. The summed E-state index contributed by atoms with van der Waals surface area (Å²) in [5.41, 5.74) is 2.30. The maximum absolute atomic E-state index is 9.62. The topological polar surface area (TPSA) is 50.1 Å². The molecule has 0 radical (unpaired) electrons. The van der Waals surface area contributed by atoms with Crippen molar-refractivity contribution in [2.45, 2.75) is 63.6 Å². The molecule has 0 saturated heterocycles. The van der Waals surface area contributed by atoms with E-state index in [0.29, 0.717) is 6.04 Å². The fourth-order valence-corrected chi connectivity index (χ4v) is 2.72. The second-order valence-corrected chi connectivity index (χ2v) is 6.46. The molecule has 1 heterocycles. The molecule has 1 aromatic heterocycles. The van der Waals surface area contributed by atoms with Crippen LogP contribution in [0, 0.1) is 6.92 Å². The maximum Gasteiger partial charge on any atom is 0.0987 e. The number of hydrogen-bond acceptors (Lipinski definition) is 4. The van der Waals surface area contributed by atoms with Crippen LogP contribution in [0.1, 0.15) is 39.0 Å². The molecule has 1 rings (SSSR count). The van der Waals surface area contributed by atoms with Crippen LogP contribution in [0.3, 0.4) is 0 Å². The highest BCUT2D eigenvalue weighted by atomic mass is 32.2. The van der Waals surface area contributed by atoms with Crippen LogP contribution >= 0.6 is 11.8 Å². The van der Waals surface area contributed by atoms with Gasteiger partial charge in [0.2, 0.25) is 0 Å². The average Bonchev–Trinajstić information content (AvgIpc) is 2.51. The summed E-state index contributed by atoms with van der Waals surface area (Å²) >= 11 is 1.69. The quantitative estimate of drug-likeness (QED) is 0.778. The van der Waals surface area contributed by atoms with Crippen molar-refractivity contribution >= 4 is 11.8 Å². The lowest BCUT2D eigenvalue weighted by molar-refractivity contribution is 0.196. The lowest BCUT2D eigenvalue weighted by atomic mass is 10.2. The van der Waals surface area contributed by atoms with E-state index in [-0.39, 0.29) is 11.4 Å². The zero-order valence-electron chi connectivity index (χ0n) is 12.2. The van der Waals surface area contributed by atoms with Gasteiger partial charge < -0.3 is 10.4 Å². The minimum absolute atomic E-state index is 0.164. The van der Waals surface area contributed by atoms with Crippen molar-refractivity contribution in [1.29, 1.82) is 0 Å². The number of nitrogens with one attached hydrogen (secondary N) is 1. The fraction of sp³-hybridized carbons (Fsp3) is 0.769. The predicted octanol–water partition coefficient (Wildman–Crippen LogP) is 2.09. The summed E-state index contributed by atoms with van der Waals surface area (Å²) in [5, 5.41) is 18.8. The van der Waals surface area contributed by atoms with Gasteiger partial charge in [0.05, 0.1) is 16.8 Å². The van der Waals surface area contributed by atoms with Gasteiger partial charge in [0, 0.05) is 30.4 Å². The number of rotatable bonds is 6. The number of aryl methyl sites for hydroxylation is 2. The molecule has 104 valence electrons. The number of aliphatic hydroxyl groups is 1. The van der Waals surface area contributed by atoms with Crippen LogP contribution in [0.2, 0.25) is 0 Å². The molecule has 18 heavy (non-hydrogen) atoms. The Kier molecular flexibility index (Phi) is 5.69. The Bertz CT molecular complexity index is 388. The molecule has 0 spiro atoms. The van der Waals surface area contributed by atoms with E-state index in [4.69, 9.17) is 0 Å². The van der Waals surface area contributed by atoms with Gasteiger partial charge in [-0.05, 0) is 13.8 Å². The first-order valence-electron chi connectivity index (χ1n) is 6.43. The molecule has 2 unspecified atom stereocenters. The molecule has 1 aromatic rings. The highest BCUT2D eigenvalue weighted by Gasteiger charge is 2.18. The van der Waals surface area contributed by atoms with Crippen LogP contribution in [0.5, 0.6) is 0 Å². The van der Waals surface area contributed by atoms with E-state index in [1.165, 1.54) is 5.56 Å². The molecule has 0 aliphatic heterocycles. The molecule has 0 fully saturated rings. The molecule has 2 atom stereocenters. The van der Waals surface area contributed by atoms with E-state index in [9.17, 15) is 5.11 Å². The largest absolute Gasteiger partial charge is 0.392 e. The molecular formula is C13H25N3OS. The lowest BCUT2D eigenvalue weighted by Gasteiger charge is -2.16. The highest BCUT2D eigenvalue weighted by Crippen LogP contribution is 2.29. The molecule has 0 aromatic carbocycles. The van der Waals surface area contributed by atoms with E-state index < -0.39 is 0 Å². The fourth-order valence-electron chi connectivity index (χ4n) is 1.61. The van der Waals surface area contributed by atoms with Gasteiger partial charge in [0.15, 0.2) is 0 Å². The molecule has 0 aliphatic carbocycles. The Hall–Kier alpha value is -0.520. The zero-order valence-corrected chi connectivity index (χ0v) is 13.0. The van der Waals surface area contributed by atoms with Crippen LogP contribution in [-0.2, 0) is 13.6 Å². The van der Waals surface area contributed by atoms with Crippen molar-refractivity contribution in [2.75, 3.05) is 0 Å². The molecule has 2 N–H and O–H groups in total. The number of hydrogen-bond donors (Lipinski definition) is 2. The summed E-state index contributed by atoms with van der Waals surface area (Å²) in [6.07, 6.45) is -0.323. The Morgan fingerprint density at radius 3 is 2.44 bits per heavy atom. The van der Waals surface area contributed by atoms with Crippen molar-refractivity contribution in [1.82, 2.24) is 15.1 Å². The first kappa shape index (κ1) is 15.5. The Morgan fingerprint density at radius 2 is 1.94 bits per heavy atom. The van der Waals surface area contributed by atoms with Crippen molar-refractivity contribution in [3.63, 3.8) is 0 Å². The lowest BCUT2D eigenvalue weighted by Crippen LogP contribution is -2.23. The summed E-state index contributed by atoms with van der Waals surface area (Å²) in [7, 11) is 1.96. The summed E-state index contributed by atoms with van der Waals surface area (Å²) in [6.45, 7) is 11.0. The van der Waals surface area contributed by atoms with Gasteiger partial charge in [-0.3, -0.25) is 4.68 Å². The number of aliphatic hydroxyl groups excluding tert-OH is 1. The molecule has 0 amide bonds. The van der Waals surface area contributed by atoms with Gasteiger partial charge in [-0.2, -0.15) is 5.10 Å². The third-order valence-electron chi connectivity index (χ3n) is 2.95. The zero-order chi connectivity index (χ0) is 13.9. The summed E-state index contributed by atoms with van der Waals surface area (Å²) in [6, 6.07) is 0.455. The predicted molar refractivity (Wildman–Crippen MR) is 76.9 cm³/mol. The third kappa shape index (κ3) is 4.00. The molecular weight excluding hydrogens is 246 g/mol. The van der Waals surface area contributed by atoms with E-state index in [0.717, 1.165) is 17.3 Å².